The Morgan fingerprint density at radius 2 is 1.96 bits per heavy atom. The Hall–Kier alpha value is -1.28. The van der Waals surface area contributed by atoms with Crippen molar-refractivity contribution in [2.75, 3.05) is 12.0 Å². The second kappa shape index (κ2) is 8.01. The number of unbranched alkanes of at least 4 members (excludes halogenated alkanes) is 3. The predicted molar refractivity (Wildman–Crippen MR) is 92.6 cm³/mol. The summed E-state index contributed by atoms with van der Waals surface area (Å²) in [6, 6.07) is 2.07. The van der Waals surface area contributed by atoms with Crippen molar-refractivity contribution in [2.24, 2.45) is 0 Å². The van der Waals surface area contributed by atoms with Gasteiger partial charge in [-0.25, -0.2) is 13.4 Å². The summed E-state index contributed by atoms with van der Waals surface area (Å²) in [7, 11) is -3.29. The minimum Gasteiger partial charge on any atom is -0.324 e. The largest absolute Gasteiger partial charge is 0.324 e. The normalized spacial score (nSPS) is 12.0. The molecule has 0 atom stereocenters. The van der Waals surface area contributed by atoms with Crippen LogP contribution in [0.5, 0.6) is 0 Å². The van der Waals surface area contributed by atoms with E-state index in [0.717, 1.165) is 36.5 Å². The number of aromatic amines is 1. The average Bonchev–Trinajstić information content (AvgIpc) is 3.09. The first-order chi connectivity index (χ1) is 10.9. The van der Waals surface area contributed by atoms with Crippen LogP contribution >= 0.6 is 11.8 Å². The maximum Gasteiger partial charge on any atom is 0.225 e. The smallest absolute Gasteiger partial charge is 0.225 e. The Kier molecular flexibility index (Phi) is 6.29. The highest BCUT2D eigenvalue weighted by Gasteiger charge is 2.17. The monoisotopic (exact) mass is 356 g/mol. The number of sulfone groups is 1. The van der Waals surface area contributed by atoms with Gasteiger partial charge in [-0.2, -0.15) is 5.10 Å². The maximum atomic E-state index is 12.1. The van der Waals surface area contributed by atoms with Crippen LogP contribution in [0.15, 0.2) is 22.4 Å². The van der Waals surface area contributed by atoms with Gasteiger partial charge in [0, 0.05) is 12.2 Å². The Bertz CT molecular complexity index is 734. The quantitative estimate of drug-likeness (QED) is 0.552. The fraction of sp³-hybridized carbons (Fsp3) is 0.600. The van der Waals surface area contributed by atoms with Gasteiger partial charge in [-0.05, 0) is 39.0 Å². The lowest BCUT2D eigenvalue weighted by molar-refractivity contribution is 0.527. The fourth-order valence-corrected chi connectivity index (χ4v) is 4.13. The van der Waals surface area contributed by atoms with Gasteiger partial charge < -0.3 is 4.98 Å². The lowest BCUT2D eigenvalue weighted by Gasteiger charge is -2.05. The molecule has 2 rings (SSSR count). The number of thioether (sulfide) groups is 1. The number of hydrogen-bond acceptors (Lipinski definition) is 5. The van der Waals surface area contributed by atoms with Crippen LogP contribution in [-0.4, -0.2) is 40.2 Å². The Morgan fingerprint density at radius 1 is 1.22 bits per heavy atom. The summed E-state index contributed by atoms with van der Waals surface area (Å²) in [6.07, 6.45) is 7.02. The second-order valence-electron chi connectivity index (χ2n) is 5.64. The molecule has 0 unspecified atom stereocenters. The van der Waals surface area contributed by atoms with Crippen LogP contribution in [0.1, 0.15) is 37.1 Å². The van der Waals surface area contributed by atoms with E-state index >= 15 is 0 Å². The summed E-state index contributed by atoms with van der Waals surface area (Å²) in [6.45, 7) is 4.94. The van der Waals surface area contributed by atoms with E-state index in [2.05, 4.69) is 28.1 Å². The van der Waals surface area contributed by atoms with Crippen LogP contribution in [0.3, 0.4) is 0 Å². The lowest BCUT2D eigenvalue weighted by Crippen LogP contribution is -2.09. The minimum atomic E-state index is -3.29. The number of rotatable bonds is 9. The highest BCUT2D eigenvalue weighted by Crippen LogP contribution is 2.16. The third-order valence-electron chi connectivity index (χ3n) is 3.68. The molecule has 6 nitrogen and oxygen atoms in total. The molecule has 1 N–H and O–H groups in total. The average molecular weight is 357 g/mol. The summed E-state index contributed by atoms with van der Waals surface area (Å²) >= 11 is 1.45. The summed E-state index contributed by atoms with van der Waals surface area (Å²) in [5.41, 5.74) is 2.21. The third kappa shape index (κ3) is 5.10. The van der Waals surface area contributed by atoms with Crippen LogP contribution < -0.4 is 0 Å². The van der Waals surface area contributed by atoms with Crippen LogP contribution in [0.4, 0.5) is 0 Å². The van der Waals surface area contributed by atoms with E-state index in [1.807, 2.05) is 17.9 Å². The number of nitrogens with one attached hydrogen (secondary N) is 1. The van der Waals surface area contributed by atoms with Crippen LogP contribution in [-0.2, 0) is 16.4 Å². The van der Waals surface area contributed by atoms with Crippen molar-refractivity contribution in [3.05, 3.63) is 23.7 Å². The highest BCUT2D eigenvalue weighted by atomic mass is 32.2. The van der Waals surface area contributed by atoms with Crippen molar-refractivity contribution in [2.45, 2.75) is 56.3 Å². The molecule has 0 radical (unpaired) electrons. The van der Waals surface area contributed by atoms with Gasteiger partial charge in [0.2, 0.25) is 15.0 Å². The fourth-order valence-electron chi connectivity index (χ4n) is 2.45. The Labute approximate surface area is 142 Å². The molecule has 23 heavy (non-hydrogen) atoms. The number of H-pyrrole nitrogens is 1. The van der Waals surface area contributed by atoms with Gasteiger partial charge in [-0.3, -0.25) is 4.68 Å². The zero-order valence-corrected chi connectivity index (χ0v) is 15.5. The topological polar surface area (TPSA) is 80.6 Å². The van der Waals surface area contributed by atoms with Gasteiger partial charge in [0.05, 0.1) is 22.7 Å². The molecule has 128 valence electrons. The molecule has 0 aliphatic heterocycles. The van der Waals surface area contributed by atoms with Crippen molar-refractivity contribution in [1.29, 1.82) is 0 Å². The molecule has 0 amide bonds. The van der Waals surface area contributed by atoms with Gasteiger partial charge in [-0.15, -0.1) is 11.8 Å². The van der Waals surface area contributed by atoms with Crippen molar-refractivity contribution in [1.82, 2.24) is 19.7 Å². The van der Waals surface area contributed by atoms with Crippen molar-refractivity contribution >= 4 is 21.6 Å². The first kappa shape index (κ1) is 18.1. The van der Waals surface area contributed by atoms with Gasteiger partial charge in [0.1, 0.15) is 0 Å². The Morgan fingerprint density at radius 3 is 2.57 bits per heavy atom. The zero-order valence-electron chi connectivity index (χ0n) is 13.9. The minimum absolute atomic E-state index is 0.0875. The highest BCUT2D eigenvalue weighted by molar-refractivity contribution is 7.98. The van der Waals surface area contributed by atoms with Crippen LogP contribution in [0.25, 0.3) is 0 Å². The van der Waals surface area contributed by atoms with Crippen LogP contribution in [0, 0.1) is 13.8 Å². The first-order valence-electron chi connectivity index (χ1n) is 7.75. The standard InChI is InChI=1S/C15H24N4O2S2/c1-12-10-13(2)19(18-12)8-6-4-5-7-9-23(20,21)15-16-11-14(17-15)22-3/h10-11H,4-9H2,1-3H3,(H,16,17). The molecule has 0 aliphatic rings. The van der Waals surface area contributed by atoms with Gasteiger partial charge >= 0.3 is 0 Å². The van der Waals surface area contributed by atoms with Gasteiger partial charge in [-0.1, -0.05) is 12.8 Å². The molecule has 0 bridgehead atoms. The van der Waals surface area contributed by atoms with Crippen molar-refractivity contribution < 1.29 is 8.42 Å². The summed E-state index contributed by atoms with van der Waals surface area (Å²) in [5, 5.41) is 5.28. The molecule has 0 aromatic carbocycles. The molecule has 0 fully saturated rings. The Balaban J connectivity index is 1.69. The number of nitrogens with zero attached hydrogens (tertiary/aromatic N) is 3. The van der Waals surface area contributed by atoms with Gasteiger partial charge in [0.15, 0.2) is 0 Å². The third-order valence-corrected chi connectivity index (χ3v) is 5.95. The van der Waals surface area contributed by atoms with Crippen molar-refractivity contribution in [3.8, 4) is 0 Å². The molecule has 0 aliphatic carbocycles. The number of imidazole rings is 1. The lowest BCUT2D eigenvalue weighted by atomic mass is 10.2. The number of aromatic nitrogens is 4. The van der Waals surface area contributed by atoms with E-state index in [0.29, 0.717) is 6.42 Å². The molecular weight excluding hydrogens is 332 g/mol. The van der Waals surface area contributed by atoms with E-state index in [1.165, 1.54) is 17.5 Å². The summed E-state index contributed by atoms with van der Waals surface area (Å²) in [4.78, 5) is 6.79. The van der Waals surface area contributed by atoms with Crippen molar-refractivity contribution in [3.63, 3.8) is 0 Å². The summed E-state index contributed by atoms with van der Waals surface area (Å²) < 4.78 is 26.3. The molecule has 0 spiro atoms. The SMILES string of the molecule is CSc1cnc(S(=O)(=O)CCCCCCn2nc(C)cc2C)[nH]1. The zero-order chi connectivity index (χ0) is 16.9. The molecule has 0 saturated heterocycles. The number of hydrogen-bond donors (Lipinski definition) is 1. The van der Waals surface area contributed by atoms with E-state index in [-0.39, 0.29) is 10.9 Å². The molecule has 2 aromatic heterocycles. The van der Waals surface area contributed by atoms with Crippen LogP contribution in [0.2, 0.25) is 0 Å². The predicted octanol–water partition coefficient (Wildman–Crippen LogP) is 2.98. The molecule has 8 heteroatoms. The van der Waals surface area contributed by atoms with Gasteiger partial charge in [0.25, 0.3) is 0 Å². The van der Waals surface area contributed by atoms with E-state index in [4.69, 9.17) is 0 Å². The maximum absolute atomic E-state index is 12.1. The number of aryl methyl sites for hydroxylation is 3. The van der Waals surface area contributed by atoms with E-state index in [1.54, 1.807) is 6.20 Å². The molecule has 2 heterocycles. The molecular formula is C15H24N4O2S2. The van der Waals surface area contributed by atoms with E-state index in [9.17, 15) is 8.42 Å². The molecule has 0 saturated carbocycles. The summed E-state index contributed by atoms with van der Waals surface area (Å²) in [5.74, 6) is 0.147. The van der Waals surface area contributed by atoms with E-state index < -0.39 is 9.84 Å². The first-order valence-corrected chi connectivity index (χ1v) is 10.6. The molecule has 2 aromatic rings. The second-order valence-corrected chi connectivity index (χ2v) is 8.51.